The first-order valence-corrected chi connectivity index (χ1v) is 7.04. The zero-order valence-corrected chi connectivity index (χ0v) is 11.5. The highest BCUT2D eigenvalue weighted by atomic mass is 32.1. The molecule has 1 saturated heterocycles. The molecule has 1 unspecified atom stereocenters. The minimum atomic E-state index is -0.355. The van der Waals surface area contributed by atoms with Crippen LogP contribution in [0.25, 0.3) is 0 Å². The highest BCUT2D eigenvalue weighted by molar-refractivity contribution is 7.09. The number of nitrogens with one attached hydrogen (secondary N) is 1. The van der Waals surface area contributed by atoms with Gasteiger partial charge in [0.25, 0.3) is 0 Å². The summed E-state index contributed by atoms with van der Waals surface area (Å²) < 4.78 is 0. The SMILES string of the molecule is CC(C)CC1NC(=O)CN(Cc2cccs2)C1=O. The van der Waals surface area contributed by atoms with Crippen LogP contribution in [0.1, 0.15) is 25.1 Å². The molecule has 1 fully saturated rings. The van der Waals surface area contributed by atoms with Gasteiger partial charge in [-0.05, 0) is 23.8 Å². The first-order chi connectivity index (χ1) is 8.56. The Morgan fingerprint density at radius 1 is 1.50 bits per heavy atom. The van der Waals surface area contributed by atoms with Crippen LogP contribution in [0.3, 0.4) is 0 Å². The van der Waals surface area contributed by atoms with E-state index in [1.54, 1.807) is 16.2 Å². The van der Waals surface area contributed by atoms with Crippen molar-refractivity contribution < 1.29 is 9.59 Å². The number of carbonyl (C=O) groups excluding carboxylic acids is 2. The average Bonchev–Trinajstić information content (AvgIpc) is 2.77. The normalized spacial score (nSPS) is 20.4. The van der Waals surface area contributed by atoms with E-state index in [1.165, 1.54) is 0 Å². The molecule has 1 aromatic heterocycles. The van der Waals surface area contributed by atoms with E-state index in [9.17, 15) is 9.59 Å². The molecule has 1 aromatic rings. The molecule has 1 aliphatic heterocycles. The zero-order chi connectivity index (χ0) is 13.1. The van der Waals surface area contributed by atoms with Crippen LogP contribution < -0.4 is 5.32 Å². The summed E-state index contributed by atoms with van der Waals surface area (Å²) in [6.07, 6.45) is 0.700. The van der Waals surface area contributed by atoms with E-state index in [0.717, 1.165) is 4.88 Å². The molecular weight excluding hydrogens is 248 g/mol. The fourth-order valence-corrected chi connectivity index (χ4v) is 2.85. The van der Waals surface area contributed by atoms with Crippen molar-refractivity contribution in [3.8, 4) is 0 Å². The van der Waals surface area contributed by atoms with E-state index >= 15 is 0 Å². The summed E-state index contributed by atoms with van der Waals surface area (Å²) in [5, 5.41) is 4.76. The summed E-state index contributed by atoms with van der Waals surface area (Å²) in [5.74, 6) is 0.370. The Bertz CT molecular complexity index is 428. The van der Waals surface area contributed by atoms with E-state index in [1.807, 2.05) is 17.5 Å². The van der Waals surface area contributed by atoms with Crippen LogP contribution in [0.4, 0.5) is 0 Å². The van der Waals surface area contributed by atoms with Crippen molar-refractivity contribution in [2.24, 2.45) is 5.92 Å². The third kappa shape index (κ3) is 3.10. The fraction of sp³-hybridized carbons (Fsp3) is 0.538. The van der Waals surface area contributed by atoms with Crippen LogP contribution in [-0.2, 0) is 16.1 Å². The van der Waals surface area contributed by atoms with Gasteiger partial charge in [-0.15, -0.1) is 11.3 Å². The molecule has 0 aromatic carbocycles. The van der Waals surface area contributed by atoms with Gasteiger partial charge in [0.1, 0.15) is 6.04 Å². The van der Waals surface area contributed by atoms with Crippen molar-refractivity contribution in [1.29, 1.82) is 0 Å². The third-order valence-electron chi connectivity index (χ3n) is 2.91. The Labute approximate surface area is 111 Å². The van der Waals surface area contributed by atoms with Crippen LogP contribution >= 0.6 is 11.3 Å². The van der Waals surface area contributed by atoms with Crippen molar-refractivity contribution in [2.75, 3.05) is 6.54 Å². The van der Waals surface area contributed by atoms with Gasteiger partial charge in [-0.1, -0.05) is 19.9 Å². The van der Waals surface area contributed by atoms with E-state index in [-0.39, 0.29) is 24.4 Å². The summed E-state index contributed by atoms with van der Waals surface area (Å²) in [4.78, 5) is 26.6. The predicted molar refractivity (Wildman–Crippen MR) is 71.1 cm³/mol. The topological polar surface area (TPSA) is 49.4 Å². The van der Waals surface area contributed by atoms with Gasteiger partial charge in [-0.25, -0.2) is 0 Å². The molecule has 0 saturated carbocycles. The lowest BCUT2D eigenvalue weighted by Crippen LogP contribution is -2.57. The first kappa shape index (κ1) is 13.1. The number of hydrogen-bond donors (Lipinski definition) is 1. The van der Waals surface area contributed by atoms with Crippen molar-refractivity contribution in [2.45, 2.75) is 32.9 Å². The molecule has 2 rings (SSSR count). The molecular formula is C13H18N2O2S. The summed E-state index contributed by atoms with van der Waals surface area (Å²) in [7, 11) is 0. The van der Waals surface area contributed by atoms with Crippen LogP contribution in [-0.4, -0.2) is 29.3 Å². The highest BCUT2D eigenvalue weighted by Gasteiger charge is 2.32. The maximum atomic E-state index is 12.2. The van der Waals surface area contributed by atoms with Gasteiger partial charge in [0.05, 0.1) is 13.1 Å². The van der Waals surface area contributed by atoms with Crippen molar-refractivity contribution in [3.05, 3.63) is 22.4 Å². The maximum Gasteiger partial charge on any atom is 0.245 e. The quantitative estimate of drug-likeness (QED) is 0.900. The van der Waals surface area contributed by atoms with Gasteiger partial charge in [0, 0.05) is 4.88 Å². The van der Waals surface area contributed by atoms with E-state index in [2.05, 4.69) is 19.2 Å². The average molecular weight is 266 g/mol. The van der Waals surface area contributed by atoms with E-state index < -0.39 is 0 Å². The molecule has 0 spiro atoms. The minimum absolute atomic E-state index is 0.0386. The fourth-order valence-electron chi connectivity index (χ4n) is 2.13. The number of amides is 2. The van der Waals surface area contributed by atoms with Crippen LogP contribution in [0.2, 0.25) is 0 Å². The number of nitrogens with zero attached hydrogens (tertiary/aromatic N) is 1. The predicted octanol–water partition coefficient (Wildman–Crippen LogP) is 1.62. The Hall–Kier alpha value is -1.36. The molecule has 98 valence electrons. The second-order valence-corrected chi connectivity index (χ2v) is 6.06. The lowest BCUT2D eigenvalue weighted by atomic mass is 10.0. The Morgan fingerprint density at radius 3 is 2.89 bits per heavy atom. The molecule has 4 nitrogen and oxygen atoms in total. The third-order valence-corrected chi connectivity index (χ3v) is 3.77. The number of rotatable bonds is 4. The molecule has 18 heavy (non-hydrogen) atoms. The number of thiophene rings is 1. The summed E-state index contributed by atoms with van der Waals surface area (Å²) in [6.45, 7) is 4.82. The second-order valence-electron chi connectivity index (χ2n) is 5.02. The molecule has 0 radical (unpaired) electrons. The molecule has 1 aliphatic rings. The first-order valence-electron chi connectivity index (χ1n) is 6.17. The van der Waals surface area contributed by atoms with Crippen molar-refractivity contribution in [3.63, 3.8) is 0 Å². The lowest BCUT2D eigenvalue weighted by molar-refractivity contribution is -0.145. The molecule has 1 N–H and O–H groups in total. The molecule has 0 bridgehead atoms. The zero-order valence-electron chi connectivity index (χ0n) is 10.7. The molecule has 5 heteroatoms. The highest BCUT2D eigenvalue weighted by Crippen LogP contribution is 2.16. The van der Waals surface area contributed by atoms with Gasteiger partial charge >= 0.3 is 0 Å². The number of hydrogen-bond acceptors (Lipinski definition) is 3. The number of carbonyl (C=O) groups is 2. The largest absolute Gasteiger partial charge is 0.343 e. The summed E-state index contributed by atoms with van der Waals surface area (Å²) >= 11 is 1.61. The summed E-state index contributed by atoms with van der Waals surface area (Å²) in [6, 6.07) is 3.59. The second kappa shape index (κ2) is 5.52. The Morgan fingerprint density at radius 2 is 2.28 bits per heavy atom. The van der Waals surface area contributed by atoms with Crippen molar-refractivity contribution in [1.82, 2.24) is 10.2 Å². The van der Waals surface area contributed by atoms with Gasteiger partial charge < -0.3 is 10.2 Å². The smallest absolute Gasteiger partial charge is 0.245 e. The van der Waals surface area contributed by atoms with Gasteiger partial charge in [-0.2, -0.15) is 0 Å². The molecule has 1 atom stereocenters. The van der Waals surface area contributed by atoms with Gasteiger partial charge in [0.2, 0.25) is 11.8 Å². The van der Waals surface area contributed by atoms with Crippen LogP contribution in [0.5, 0.6) is 0 Å². The molecule has 2 amide bonds. The Kier molecular flexibility index (Phi) is 4.01. The summed E-state index contributed by atoms with van der Waals surface area (Å²) in [5.41, 5.74) is 0. The standard InChI is InChI=1S/C13H18N2O2S/c1-9(2)6-11-13(17)15(8-12(16)14-11)7-10-4-3-5-18-10/h3-5,9,11H,6-8H2,1-2H3,(H,14,16). The van der Waals surface area contributed by atoms with Gasteiger partial charge in [-0.3, -0.25) is 9.59 Å². The van der Waals surface area contributed by atoms with Gasteiger partial charge in [0.15, 0.2) is 0 Å². The lowest BCUT2D eigenvalue weighted by Gasteiger charge is -2.33. The van der Waals surface area contributed by atoms with Crippen LogP contribution in [0, 0.1) is 5.92 Å². The number of piperazine rings is 1. The van der Waals surface area contributed by atoms with E-state index in [4.69, 9.17) is 0 Å². The van der Waals surface area contributed by atoms with Crippen molar-refractivity contribution >= 4 is 23.2 Å². The molecule has 0 aliphatic carbocycles. The maximum absolute atomic E-state index is 12.2. The van der Waals surface area contributed by atoms with Crippen LogP contribution in [0.15, 0.2) is 17.5 Å². The molecule has 2 heterocycles. The van der Waals surface area contributed by atoms with E-state index in [0.29, 0.717) is 18.9 Å². The minimum Gasteiger partial charge on any atom is -0.343 e. The monoisotopic (exact) mass is 266 g/mol. The Balaban J connectivity index is 2.05.